The second-order valence-corrected chi connectivity index (χ2v) is 5.91. The monoisotopic (exact) mass is 332 g/mol. The molecule has 0 bridgehead atoms. The van der Waals surface area contributed by atoms with E-state index in [1.54, 1.807) is 44.4 Å². The minimum absolute atomic E-state index is 0.132. The number of aryl methyl sites for hydroxylation is 1. The number of ketones is 1. The number of hydrogen-bond acceptors (Lipinski definition) is 4. The average molecular weight is 332 g/mol. The standard InChI is InChI=1S/C21H16O4/c1-12-19(20(23)13-7-9-14(24-2)10-8-13)17-11-18(22)15-5-3-4-6-16(15)21(17)25-12/h3-11,22H,1-2H3. The Labute approximate surface area is 144 Å². The van der Waals surface area contributed by atoms with Crippen LogP contribution in [0.15, 0.2) is 59.0 Å². The Bertz CT molecular complexity index is 1100. The van der Waals surface area contributed by atoms with E-state index < -0.39 is 0 Å². The van der Waals surface area contributed by atoms with Crippen LogP contribution in [-0.4, -0.2) is 18.0 Å². The highest BCUT2D eigenvalue weighted by atomic mass is 16.5. The van der Waals surface area contributed by atoms with Gasteiger partial charge in [0.1, 0.15) is 22.8 Å². The van der Waals surface area contributed by atoms with Gasteiger partial charge in [-0.25, -0.2) is 0 Å². The van der Waals surface area contributed by atoms with Gasteiger partial charge in [0, 0.05) is 21.7 Å². The second kappa shape index (κ2) is 5.67. The predicted octanol–water partition coefficient (Wildman–Crippen LogP) is 4.84. The zero-order valence-corrected chi connectivity index (χ0v) is 13.9. The summed E-state index contributed by atoms with van der Waals surface area (Å²) in [4.78, 5) is 13.0. The number of methoxy groups -OCH3 is 1. The molecule has 0 saturated carbocycles. The molecule has 124 valence electrons. The van der Waals surface area contributed by atoms with Crippen LogP contribution in [0.3, 0.4) is 0 Å². The molecule has 4 heteroatoms. The topological polar surface area (TPSA) is 59.7 Å². The van der Waals surface area contributed by atoms with Crippen LogP contribution >= 0.6 is 0 Å². The van der Waals surface area contributed by atoms with E-state index in [4.69, 9.17) is 9.15 Å². The van der Waals surface area contributed by atoms with Crippen molar-refractivity contribution in [2.45, 2.75) is 6.92 Å². The third-order valence-electron chi connectivity index (χ3n) is 4.43. The summed E-state index contributed by atoms with van der Waals surface area (Å²) in [5, 5.41) is 12.5. The van der Waals surface area contributed by atoms with E-state index in [2.05, 4.69) is 0 Å². The van der Waals surface area contributed by atoms with Crippen LogP contribution in [0.4, 0.5) is 0 Å². The lowest BCUT2D eigenvalue weighted by Gasteiger charge is -2.04. The molecule has 0 fully saturated rings. The SMILES string of the molecule is COc1ccc(C(=O)c2c(C)oc3c2cc(O)c2ccccc23)cc1. The van der Waals surface area contributed by atoms with Crippen molar-refractivity contribution < 1.29 is 19.1 Å². The van der Waals surface area contributed by atoms with Crippen LogP contribution < -0.4 is 4.74 Å². The maximum atomic E-state index is 13.0. The van der Waals surface area contributed by atoms with E-state index in [1.165, 1.54) is 0 Å². The van der Waals surface area contributed by atoms with Crippen LogP contribution in [0.5, 0.6) is 11.5 Å². The summed E-state index contributed by atoms with van der Waals surface area (Å²) < 4.78 is 11.0. The van der Waals surface area contributed by atoms with Crippen molar-refractivity contribution >= 4 is 27.5 Å². The van der Waals surface area contributed by atoms with Gasteiger partial charge >= 0.3 is 0 Å². The minimum Gasteiger partial charge on any atom is -0.507 e. The molecule has 0 aliphatic heterocycles. The first-order valence-corrected chi connectivity index (χ1v) is 7.92. The number of furan rings is 1. The van der Waals surface area contributed by atoms with Gasteiger partial charge in [0.2, 0.25) is 0 Å². The lowest BCUT2D eigenvalue weighted by molar-refractivity contribution is 0.103. The van der Waals surface area contributed by atoms with Crippen molar-refractivity contribution in [3.05, 3.63) is 71.5 Å². The van der Waals surface area contributed by atoms with Crippen LogP contribution in [0, 0.1) is 6.92 Å². The molecule has 0 amide bonds. The normalized spacial score (nSPS) is 11.1. The number of ether oxygens (including phenoxy) is 1. The van der Waals surface area contributed by atoms with Crippen molar-refractivity contribution in [3.8, 4) is 11.5 Å². The summed E-state index contributed by atoms with van der Waals surface area (Å²) in [7, 11) is 1.58. The third-order valence-corrected chi connectivity index (χ3v) is 4.43. The number of rotatable bonds is 3. The fourth-order valence-corrected chi connectivity index (χ4v) is 3.19. The van der Waals surface area contributed by atoms with Crippen molar-refractivity contribution in [3.63, 3.8) is 0 Å². The molecule has 4 rings (SSSR count). The van der Waals surface area contributed by atoms with Gasteiger partial charge in [0.15, 0.2) is 5.78 Å². The molecule has 1 aromatic heterocycles. The molecule has 0 aliphatic rings. The van der Waals surface area contributed by atoms with Crippen molar-refractivity contribution in [1.82, 2.24) is 0 Å². The largest absolute Gasteiger partial charge is 0.507 e. The van der Waals surface area contributed by atoms with Crippen LogP contribution in [0.25, 0.3) is 21.7 Å². The number of carbonyl (C=O) groups is 1. The van der Waals surface area contributed by atoms with E-state index >= 15 is 0 Å². The predicted molar refractivity (Wildman–Crippen MR) is 96.5 cm³/mol. The maximum absolute atomic E-state index is 13.0. The highest BCUT2D eigenvalue weighted by Gasteiger charge is 2.22. The van der Waals surface area contributed by atoms with Gasteiger partial charge in [-0.2, -0.15) is 0 Å². The zero-order valence-electron chi connectivity index (χ0n) is 13.9. The van der Waals surface area contributed by atoms with E-state index in [0.717, 1.165) is 5.39 Å². The molecular formula is C21H16O4. The lowest BCUT2D eigenvalue weighted by atomic mass is 9.98. The van der Waals surface area contributed by atoms with Crippen molar-refractivity contribution in [2.75, 3.05) is 7.11 Å². The molecule has 0 aliphatic carbocycles. The van der Waals surface area contributed by atoms with Crippen LogP contribution in [0.1, 0.15) is 21.7 Å². The first-order chi connectivity index (χ1) is 12.1. The highest BCUT2D eigenvalue weighted by Crippen LogP contribution is 2.37. The summed E-state index contributed by atoms with van der Waals surface area (Å²) in [6, 6.07) is 16.0. The van der Waals surface area contributed by atoms with Gasteiger partial charge in [-0.3, -0.25) is 4.79 Å². The van der Waals surface area contributed by atoms with Gasteiger partial charge in [-0.05, 0) is 37.3 Å². The van der Waals surface area contributed by atoms with Crippen LogP contribution in [-0.2, 0) is 0 Å². The molecule has 1 heterocycles. The Morgan fingerprint density at radius 2 is 1.68 bits per heavy atom. The summed E-state index contributed by atoms with van der Waals surface area (Å²) in [5.41, 5.74) is 1.63. The first kappa shape index (κ1) is 15.3. The number of phenolic OH excluding ortho intramolecular Hbond substituents is 1. The third kappa shape index (κ3) is 2.34. The Balaban J connectivity index is 1.95. The zero-order chi connectivity index (χ0) is 17.6. The fourth-order valence-electron chi connectivity index (χ4n) is 3.19. The van der Waals surface area contributed by atoms with E-state index in [9.17, 15) is 9.90 Å². The lowest BCUT2D eigenvalue weighted by Crippen LogP contribution is -2.02. The van der Waals surface area contributed by atoms with Crippen molar-refractivity contribution in [1.29, 1.82) is 0 Å². The molecule has 4 aromatic rings. The number of hydrogen-bond donors (Lipinski definition) is 1. The smallest absolute Gasteiger partial charge is 0.197 e. The summed E-state index contributed by atoms with van der Waals surface area (Å²) in [5.74, 6) is 1.21. The molecule has 0 spiro atoms. The Hall–Kier alpha value is -3.27. The van der Waals surface area contributed by atoms with E-state index in [0.29, 0.717) is 39.0 Å². The van der Waals surface area contributed by atoms with Crippen molar-refractivity contribution in [2.24, 2.45) is 0 Å². The molecule has 1 N–H and O–H groups in total. The number of carbonyl (C=O) groups excluding carboxylic acids is 1. The van der Waals surface area contributed by atoms with Gasteiger partial charge in [0.05, 0.1) is 12.7 Å². The van der Waals surface area contributed by atoms with E-state index in [1.807, 2.05) is 24.3 Å². The Kier molecular flexibility index (Phi) is 3.46. The quantitative estimate of drug-likeness (QED) is 0.545. The van der Waals surface area contributed by atoms with Crippen LogP contribution in [0.2, 0.25) is 0 Å². The summed E-state index contributed by atoms with van der Waals surface area (Å²) in [6.45, 7) is 1.77. The Morgan fingerprint density at radius 1 is 1.00 bits per heavy atom. The van der Waals surface area contributed by atoms with Gasteiger partial charge in [-0.1, -0.05) is 24.3 Å². The minimum atomic E-state index is -0.145. The Morgan fingerprint density at radius 3 is 2.36 bits per heavy atom. The van der Waals surface area contributed by atoms with Gasteiger partial charge < -0.3 is 14.3 Å². The summed E-state index contributed by atoms with van der Waals surface area (Å²) >= 11 is 0. The molecule has 0 unspecified atom stereocenters. The molecule has 0 radical (unpaired) electrons. The molecule has 25 heavy (non-hydrogen) atoms. The fraction of sp³-hybridized carbons (Fsp3) is 0.0952. The molecular weight excluding hydrogens is 316 g/mol. The highest BCUT2D eigenvalue weighted by molar-refractivity contribution is 6.20. The average Bonchev–Trinajstić information content (AvgIpc) is 2.97. The summed E-state index contributed by atoms with van der Waals surface area (Å²) in [6.07, 6.45) is 0. The molecule has 3 aromatic carbocycles. The number of phenols is 1. The van der Waals surface area contributed by atoms with Gasteiger partial charge in [0.25, 0.3) is 0 Å². The molecule has 0 saturated heterocycles. The number of aromatic hydroxyl groups is 1. The number of benzene rings is 3. The molecule has 4 nitrogen and oxygen atoms in total. The number of fused-ring (bicyclic) bond motifs is 3. The maximum Gasteiger partial charge on any atom is 0.197 e. The van der Waals surface area contributed by atoms with E-state index in [-0.39, 0.29) is 11.5 Å². The van der Waals surface area contributed by atoms with Gasteiger partial charge in [-0.15, -0.1) is 0 Å². The first-order valence-electron chi connectivity index (χ1n) is 7.92. The second-order valence-electron chi connectivity index (χ2n) is 5.91. The molecule has 0 atom stereocenters.